The highest BCUT2D eigenvalue weighted by Crippen LogP contribution is 2.28. The van der Waals surface area contributed by atoms with Crippen LogP contribution >= 0.6 is 11.8 Å². The fraction of sp³-hybridized carbons (Fsp3) is 1.00. The van der Waals surface area contributed by atoms with Gasteiger partial charge in [-0.2, -0.15) is 11.8 Å². The molecule has 0 aromatic rings. The van der Waals surface area contributed by atoms with Gasteiger partial charge in [0.15, 0.2) is 0 Å². The lowest BCUT2D eigenvalue weighted by Crippen LogP contribution is -2.21. The van der Waals surface area contributed by atoms with Gasteiger partial charge in [-0.15, -0.1) is 0 Å². The molecule has 2 nitrogen and oxygen atoms in total. The van der Waals surface area contributed by atoms with Crippen LogP contribution < -0.4 is 0 Å². The lowest BCUT2D eigenvalue weighted by atomic mass is 9.85. The van der Waals surface area contributed by atoms with Crippen molar-refractivity contribution >= 4 is 11.8 Å². The number of aliphatic hydroxyl groups excluding tert-OH is 1. The summed E-state index contributed by atoms with van der Waals surface area (Å²) in [6.07, 6.45) is 28.1. The number of aliphatic hydroxyl groups is 1. The molecule has 0 aliphatic heterocycles. The first-order valence-corrected chi connectivity index (χ1v) is 14.8. The molecule has 1 aliphatic carbocycles. The maximum absolute atomic E-state index is 9.53. The van der Waals surface area contributed by atoms with Crippen molar-refractivity contribution < 1.29 is 9.84 Å². The molecule has 1 atom stereocenters. The molecule has 0 heterocycles. The van der Waals surface area contributed by atoms with Gasteiger partial charge >= 0.3 is 0 Å². The van der Waals surface area contributed by atoms with Gasteiger partial charge in [0.1, 0.15) is 0 Å². The molecule has 0 unspecified atom stereocenters. The Morgan fingerprint density at radius 2 is 1.37 bits per heavy atom. The topological polar surface area (TPSA) is 29.5 Å². The van der Waals surface area contributed by atoms with E-state index in [-0.39, 0.29) is 12.7 Å². The molecule has 1 N–H and O–H groups in total. The first kappa shape index (κ1) is 28.3. The summed E-state index contributed by atoms with van der Waals surface area (Å²) in [6.45, 7) is 3.26. The molecule has 1 aliphatic rings. The Kier molecular flexibility index (Phi) is 21.2. The molecule has 0 spiro atoms. The first-order valence-electron chi connectivity index (χ1n) is 13.7. The van der Waals surface area contributed by atoms with Crippen LogP contribution in [0.25, 0.3) is 0 Å². The van der Waals surface area contributed by atoms with Gasteiger partial charge in [0.05, 0.1) is 12.7 Å². The van der Waals surface area contributed by atoms with Crippen LogP contribution in [-0.2, 0) is 4.74 Å². The molecular weight excluding hydrogens is 388 g/mol. The monoisotopic (exact) mass is 442 g/mol. The summed E-state index contributed by atoms with van der Waals surface area (Å²) < 4.78 is 5.89. The third kappa shape index (κ3) is 17.9. The quantitative estimate of drug-likeness (QED) is 0.170. The molecule has 3 heteroatoms. The third-order valence-electron chi connectivity index (χ3n) is 6.73. The minimum absolute atomic E-state index is 0.0411. The zero-order valence-corrected chi connectivity index (χ0v) is 21.2. The van der Waals surface area contributed by atoms with Gasteiger partial charge in [-0.05, 0) is 24.5 Å². The lowest BCUT2D eigenvalue weighted by Gasteiger charge is -2.21. The van der Waals surface area contributed by atoms with E-state index >= 15 is 0 Å². The minimum atomic E-state index is 0.0411. The predicted molar refractivity (Wildman–Crippen MR) is 136 cm³/mol. The van der Waals surface area contributed by atoms with Gasteiger partial charge < -0.3 is 9.84 Å². The van der Waals surface area contributed by atoms with Crippen LogP contribution in [0.4, 0.5) is 0 Å². The molecule has 1 fully saturated rings. The molecule has 0 bridgehead atoms. The Morgan fingerprint density at radius 1 is 0.767 bits per heavy atom. The Labute approximate surface area is 193 Å². The highest BCUT2D eigenvalue weighted by molar-refractivity contribution is 7.99. The van der Waals surface area contributed by atoms with Crippen molar-refractivity contribution in [1.82, 2.24) is 0 Å². The summed E-state index contributed by atoms with van der Waals surface area (Å²) in [6, 6.07) is 0. The Balaban J connectivity index is 1.78. The van der Waals surface area contributed by atoms with Gasteiger partial charge in [0.2, 0.25) is 0 Å². The molecule has 0 saturated heterocycles. The predicted octanol–water partition coefficient (Wildman–Crippen LogP) is 8.55. The molecule has 180 valence electrons. The van der Waals surface area contributed by atoms with Crippen molar-refractivity contribution in [3.63, 3.8) is 0 Å². The fourth-order valence-electron chi connectivity index (χ4n) is 4.67. The molecule has 0 amide bonds. The van der Waals surface area contributed by atoms with Gasteiger partial charge in [0, 0.05) is 12.4 Å². The van der Waals surface area contributed by atoms with Gasteiger partial charge in [-0.25, -0.2) is 0 Å². The van der Waals surface area contributed by atoms with Crippen LogP contribution in [0.3, 0.4) is 0 Å². The van der Waals surface area contributed by atoms with E-state index < -0.39 is 0 Å². The molecule has 0 radical (unpaired) electrons. The van der Waals surface area contributed by atoms with E-state index in [1.54, 1.807) is 0 Å². The van der Waals surface area contributed by atoms with Crippen molar-refractivity contribution in [2.45, 2.75) is 141 Å². The van der Waals surface area contributed by atoms with Crippen LogP contribution in [0.2, 0.25) is 0 Å². The maximum Gasteiger partial charge on any atom is 0.0895 e. The van der Waals surface area contributed by atoms with Crippen LogP contribution in [0, 0.1) is 5.92 Å². The zero-order valence-electron chi connectivity index (χ0n) is 20.4. The molecule has 30 heavy (non-hydrogen) atoms. The molecular formula is C27H54O2S. The van der Waals surface area contributed by atoms with E-state index in [2.05, 4.69) is 6.92 Å². The second-order valence-corrected chi connectivity index (χ2v) is 10.8. The number of ether oxygens (including phenoxy) is 1. The second-order valence-electron chi connectivity index (χ2n) is 9.64. The summed E-state index contributed by atoms with van der Waals surface area (Å²) in [7, 11) is 0. The highest BCUT2D eigenvalue weighted by Gasteiger charge is 2.12. The smallest absolute Gasteiger partial charge is 0.0895 e. The molecule has 0 aromatic heterocycles. The van der Waals surface area contributed by atoms with E-state index in [9.17, 15) is 5.11 Å². The lowest BCUT2D eigenvalue weighted by molar-refractivity contribution is 0.0260. The molecule has 0 aromatic carbocycles. The number of thioether (sulfide) groups is 1. The van der Waals surface area contributed by atoms with Crippen molar-refractivity contribution in [1.29, 1.82) is 0 Å². The van der Waals surface area contributed by atoms with Crippen molar-refractivity contribution in [2.24, 2.45) is 5.92 Å². The molecule has 1 saturated carbocycles. The van der Waals surface area contributed by atoms with Gasteiger partial charge in [0.25, 0.3) is 0 Å². The summed E-state index contributed by atoms with van der Waals surface area (Å²) in [4.78, 5) is 0. The summed E-state index contributed by atoms with van der Waals surface area (Å²) in [5, 5.41) is 9.53. The number of unbranched alkanes of at least 4 members (excludes halogenated alkanes) is 12. The largest absolute Gasteiger partial charge is 0.394 e. The third-order valence-corrected chi connectivity index (χ3v) is 7.92. The van der Waals surface area contributed by atoms with Crippen molar-refractivity contribution in [2.75, 3.05) is 24.7 Å². The number of hydrogen-bond donors (Lipinski definition) is 1. The normalized spacial score (nSPS) is 16.2. The van der Waals surface area contributed by atoms with Crippen LogP contribution in [0.5, 0.6) is 0 Å². The van der Waals surface area contributed by atoms with Crippen molar-refractivity contribution in [3.8, 4) is 0 Å². The second kappa shape index (κ2) is 22.5. The highest BCUT2D eigenvalue weighted by atomic mass is 32.2. The van der Waals surface area contributed by atoms with Crippen LogP contribution in [0.15, 0.2) is 0 Å². The van der Waals surface area contributed by atoms with E-state index in [0.717, 1.165) is 24.7 Å². The number of hydrogen-bond acceptors (Lipinski definition) is 3. The average Bonchev–Trinajstić information content (AvgIpc) is 2.78. The van der Waals surface area contributed by atoms with Gasteiger partial charge in [-0.3, -0.25) is 0 Å². The van der Waals surface area contributed by atoms with Crippen LogP contribution in [-0.4, -0.2) is 35.9 Å². The first-order chi connectivity index (χ1) is 14.9. The van der Waals surface area contributed by atoms with E-state index in [4.69, 9.17) is 4.74 Å². The Bertz CT molecular complexity index is 331. The SMILES string of the molecule is CCCCCCCCCCO[C@@H](CO)CSCCCCCCCCC1CCCCC1. The van der Waals surface area contributed by atoms with Crippen molar-refractivity contribution in [3.05, 3.63) is 0 Å². The Hall–Kier alpha value is 0.270. The maximum atomic E-state index is 9.53. The van der Waals surface area contributed by atoms with E-state index in [0.29, 0.717) is 0 Å². The Morgan fingerprint density at radius 3 is 2.03 bits per heavy atom. The fourth-order valence-corrected chi connectivity index (χ4v) is 5.71. The number of rotatable bonds is 22. The van der Waals surface area contributed by atoms with Crippen LogP contribution in [0.1, 0.15) is 135 Å². The molecule has 1 rings (SSSR count). The standard InChI is InChI=1S/C27H54O2S/c1-2-3-4-5-6-8-11-17-22-29-27(24-28)25-30-23-18-12-9-7-10-14-19-26-20-15-13-16-21-26/h26-28H,2-25H2,1H3/t27-/m0/s1. The summed E-state index contributed by atoms with van der Waals surface area (Å²) >= 11 is 1.97. The summed E-state index contributed by atoms with van der Waals surface area (Å²) in [5.41, 5.74) is 0. The summed E-state index contributed by atoms with van der Waals surface area (Å²) in [5.74, 6) is 3.24. The average molecular weight is 443 g/mol. The minimum Gasteiger partial charge on any atom is -0.394 e. The van der Waals surface area contributed by atoms with E-state index in [1.165, 1.54) is 128 Å². The van der Waals surface area contributed by atoms with E-state index in [1.807, 2.05) is 11.8 Å². The zero-order chi connectivity index (χ0) is 21.5. The van der Waals surface area contributed by atoms with Gasteiger partial charge in [-0.1, -0.05) is 122 Å².